The molecule has 1 aliphatic heterocycles. The normalized spacial score (nSPS) is 19.6. The summed E-state index contributed by atoms with van der Waals surface area (Å²) in [4.78, 5) is 41.6. The Balaban J connectivity index is 1.65. The average molecular weight is 385 g/mol. The predicted octanol–water partition coefficient (Wildman–Crippen LogP) is 2.44. The van der Waals surface area contributed by atoms with Gasteiger partial charge in [-0.15, -0.1) is 0 Å². The van der Waals surface area contributed by atoms with Crippen LogP contribution in [0.1, 0.15) is 33.3 Å². The molecule has 0 bridgehead atoms. The number of carbonyl (C=O) groups is 2. The number of para-hydroxylation sites is 1. The van der Waals surface area contributed by atoms with Gasteiger partial charge in [0.15, 0.2) is 0 Å². The fourth-order valence-electron chi connectivity index (χ4n) is 3.42. The second-order valence-corrected chi connectivity index (χ2v) is 8.42. The van der Waals surface area contributed by atoms with E-state index in [0.717, 1.165) is 10.9 Å². The molecular weight excluding hydrogens is 358 g/mol. The lowest BCUT2D eigenvalue weighted by Crippen LogP contribution is -2.43. The van der Waals surface area contributed by atoms with E-state index in [0.29, 0.717) is 18.7 Å². The Bertz CT molecular complexity index is 945. The molecule has 2 heterocycles. The number of nitrogens with zero attached hydrogens (tertiary/aromatic N) is 1. The first-order valence-corrected chi connectivity index (χ1v) is 9.50. The highest BCUT2D eigenvalue weighted by atomic mass is 16.6. The summed E-state index contributed by atoms with van der Waals surface area (Å²) in [5.74, 6) is -0.0209. The van der Waals surface area contributed by atoms with E-state index < -0.39 is 11.7 Å². The van der Waals surface area contributed by atoms with E-state index in [-0.39, 0.29) is 29.8 Å². The van der Waals surface area contributed by atoms with Crippen molar-refractivity contribution in [1.82, 2.24) is 15.2 Å². The summed E-state index contributed by atoms with van der Waals surface area (Å²) in [6, 6.07) is 9.07. The zero-order chi connectivity index (χ0) is 20.5. The molecule has 7 nitrogen and oxygen atoms in total. The maximum Gasteiger partial charge on any atom is 0.407 e. The molecule has 1 aromatic heterocycles. The molecule has 0 aliphatic carbocycles. The Hall–Kier alpha value is -2.83. The number of nitrogens with one attached hydrogen (secondary N) is 2. The van der Waals surface area contributed by atoms with Gasteiger partial charge in [0.25, 0.3) is 5.56 Å². The van der Waals surface area contributed by atoms with Gasteiger partial charge in [0.2, 0.25) is 5.91 Å². The minimum absolute atomic E-state index is 0.0338. The van der Waals surface area contributed by atoms with Crippen molar-refractivity contribution in [3.63, 3.8) is 0 Å². The molecule has 2 atom stereocenters. The van der Waals surface area contributed by atoms with Gasteiger partial charge >= 0.3 is 6.09 Å². The number of carbonyl (C=O) groups excluding carboxylic acids is 2. The lowest BCUT2D eigenvalue weighted by molar-refractivity contribution is -0.129. The number of likely N-dealkylation sites (tertiary alicyclic amines) is 1. The number of pyridine rings is 1. The van der Waals surface area contributed by atoms with Crippen LogP contribution in [0.2, 0.25) is 0 Å². The summed E-state index contributed by atoms with van der Waals surface area (Å²) in [7, 11) is 0. The highest BCUT2D eigenvalue weighted by Crippen LogP contribution is 2.19. The number of rotatable bonds is 3. The molecule has 0 unspecified atom stereocenters. The van der Waals surface area contributed by atoms with Gasteiger partial charge in [-0.2, -0.15) is 0 Å². The van der Waals surface area contributed by atoms with Crippen LogP contribution in [-0.2, 0) is 16.0 Å². The van der Waals surface area contributed by atoms with Gasteiger partial charge < -0.3 is 19.9 Å². The number of amides is 2. The number of aromatic amines is 1. The highest BCUT2D eigenvalue weighted by molar-refractivity contribution is 5.83. The molecule has 2 aromatic rings. The SMILES string of the molecule is C[C@H]1CN(C(=O)Cc2cc3ccccc3[nH]c2=O)C[C@H]1NC(=O)OC(C)(C)C. The first-order valence-electron chi connectivity index (χ1n) is 9.50. The van der Waals surface area contributed by atoms with E-state index >= 15 is 0 Å². The van der Waals surface area contributed by atoms with Crippen LogP contribution in [0.4, 0.5) is 4.79 Å². The lowest BCUT2D eigenvalue weighted by atomic mass is 10.1. The second kappa shape index (κ2) is 7.66. The van der Waals surface area contributed by atoms with Gasteiger partial charge in [-0.05, 0) is 44.2 Å². The summed E-state index contributed by atoms with van der Waals surface area (Å²) in [5.41, 5.74) is 0.376. The van der Waals surface area contributed by atoms with Gasteiger partial charge in [-0.3, -0.25) is 9.59 Å². The van der Waals surface area contributed by atoms with Crippen molar-refractivity contribution in [2.45, 2.75) is 45.8 Å². The van der Waals surface area contributed by atoms with E-state index in [1.807, 2.05) is 52.0 Å². The maximum atomic E-state index is 12.7. The van der Waals surface area contributed by atoms with E-state index in [1.165, 1.54) is 0 Å². The predicted molar refractivity (Wildman–Crippen MR) is 107 cm³/mol. The summed E-state index contributed by atoms with van der Waals surface area (Å²) in [6.07, 6.45) is -0.448. The van der Waals surface area contributed by atoms with E-state index in [2.05, 4.69) is 10.3 Å². The van der Waals surface area contributed by atoms with Gasteiger partial charge in [-0.1, -0.05) is 25.1 Å². The molecule has 1 aliphatic rings. The Morgan fingerprint density at radius 3 is 2.68 bits per heavy atom. The monoisotopic (exact) mass is 385 g/mol. The zero-order valence-corrected chi connectivity index (χ0v) is 16.7. The molecule has 0 spiro atoms. The first-order chi connectivity index (χ1) is 13.1. The van der Waals surface area contributed by atoms with E-state index in [4.69, 9.17) is 4.74 Å². The van der Waals surface area contributed by atoms with Crippen molar-refractivity contribution in [2.75, 3.05) is 13.1 Å². The molecule has 1 saturated heterocycles. The molecule has 1 aromatic carbocycles. The van der Waals surface area contributed by atoms with Crippen LogP contribution in [0, 0.1) is 5.92 Å². The van der Waals surface area contributed by atoms with Crippen LogP contribution < -0.4 is 10.9 Å². The van der Waals surface area contributed by atoms with Crippen LogP contribution in [0.5, 0.6) is 0 Å². The Morgan fingerprint density at radius 2 is 1.96 bits per heavy atom. The van der Waals surface area contributed by atoms with Crippen molar-refractivity contribution >= 4 is 22.9 Å². The zero-order valence-electron chi connectivity index (χ0n) is 16.7. The Kier molecular flexibility index (Phi) is 5.45. The molecule has 7 heteroatoms. The van der Waals surface area contributed by atoms with E-state index in [1.54, 1.807) is 11.0 Å². The Morgan fingerprint density at radius 1 is 1.25 bits per heavy atom. The summed E-state index contributed by atoms with van der Waals surface area (Å²) >= 11 is 0. The average Bonchev–Trinajstić information content (AvgIpc) is 2.94. The van der Waals surface area contributed by atoms with Crippen molar-refractivity contribution in [1.29, 1.82) is 0 Å². The van der Waals surface area contributed by atoms with Crippen LogP contribution in [-0.4, -0.2) is 46.6 Å². The quantitative estimate of drug-likeness (QED) is 0.849. The number of ether oxygens (including phenoxy) is 1. The maximum absolute atomic E-state index is 12.7. The highest BCUT2D eigenvalue weighted by Gasteiger charge is 2.34. The number of fused-ring (bicyclic) bond motifs is 1. The largest absolute Gasteiger partial charge is 0.444 e. The molecule has 3 rings (SSSR count). The first kappa shape index (κ1) is 19.9. The van der Waals surface area contributed by atoms with Crippen LogP contribution >= 0.6 is 0 Å². The number of alkyl carbamates (subject to hydrolysis) is 1. The molecule has 0 saturated carbocycles. The third kappa shape index (κ3) is 4.71. The van der Waals surface area contributed by atoms with Gasteiger partial charge in [0.05, 0.1) is 12.5 Å². The van der Waals surface area contributed by atoms with Crippen molar-refractivity contribution < 1.29 is 14.3 Å². The number of hydrogen-bond acceptors (Lipinski definition) is 4. The molecule has 28 heavy (non-hydrogen) atoms. The smallest absolute Gasteiger partial charge is 0.407 e. The summed E-state index contributed by atoms with van der Waals surface area (Å²) in [6.45, 7) is 8.35. The van der Waals surface area contributed by atoms with Crippen molar-refractivity contribution in [2.24, 2.45) is 5.92 Å². The minimum Gasteiger partial charge on any atom is -0.444 e. The standard InChI is InChI=1S/C21H27N3O4/c1-13-11-24(12-17(13)23-20(27)28-21(2,3)4)18(25)10-15-9-14-7-5-6-8-16(14)22-19(15)26/h5-9,13,17H,10-12H2,1-4H3,(H,22,26)(H,23,27)/t13-,17+/m0/s1. The molecule has 2 N–H and O–H groups in total. The summed E-state index contributed by atoms with van der Waals surface area (Å²) in [5, 5.41) is 3.74. The fourth-order valence-corrected chi connectivity index (χ4v) is 3.42. The number of benzene rings is 1. The number of aromatic nitrogens is 1. The second-order valence-electron chi connectivity index (χ2n) is 8.42. The number of H-pyrrole nitrogens is 1. The summed E-state index contributed by atoms with van der Waals surface area (Å²) < 4.78 is 5.30. The third-order valence-electron chi connectivity index (χ3n) is 4.84. The number of hydrogen-bond donors (Lipinski definition) is 2. The minimum atomic E-state index is -0.571. The van der Waals surface area contributed by atoms with Crippen LogP contribution in [0.25, 0.3) is 10.9 Å². The van der Waals surface area contributed by atoms with Gasteiger partial charge in [0.1, 0.15) is 5.60 Å². The van der Waals surface area contributed by atoms with Crippen molar-refractivity contribution in [3.8, 4) is 0 Å². The molecular formula is C21H27N3O4. The van der Waals surface area contributed by atoms with Crippen molar-refractivity contribution in [3.05, 3.63) is 46.2 Å². The van der Waals surface area contributed by atoms with E-state index in [9.17, 15) is 14.4 Å². The van der Waals surface area contributed by atoms with Crippen LogP contribution in [0.15, 0.2) is 35.1 Å². The molecule has 150 valence electrons. The molecule has 1 fully saturated rings. The molecule has 2 amide bonds. The van der Waals surface area contributed by atoms with Crippen LogP contribution in [0.3, 0.4) is 0 Å². The topological polar surface area (TPSA) is 91.5 Å². The molecule has 0 radical (unpaired) electrons. The fraction of sp³-hybridized carbons (Fsp3) is 0.476. The Labute approximate surface area is 164 Å². The van der Waals surface area contributed by atoms with Gasteiger partial charge in [0, 0.05) is 24.2 Å². The third-order valence-corrected chi connectivity index (χ3v) is 4.84. The lowest BCUT2D eigenvalue weighted by Gasteiger charge is -2.23. The van der Waals surface area contributed by atoms with Gasteiger partial charge in [-0.25, -0.2) is 4.79 Å².